The van der Waals surface area contributed by atoms with E-state index in [0.29, 0.717) is 32.8 Å². The van der Waals surface area contributed by atoms with Gasteiger partial charge in [-0.3, -0.25) is 0 Å². The first-order valence-electron chi connectivity index (χ1n) is 10.9. The maximum Gasteiger partial charge on any atom is 0.120 e. The summed E-state index contributed by atoms with van der Waals surface area (Å²) in [4.78, 5) is 10.4. The molecule has 164 valence electrons. The van der Waals surface area contributed by atoms with Gasteiger partial charge in [0.2, 0.25) is 0 Å². The number of hydrogen-bond donors (Lipinski definition) is 0. The molecule has 0 spiro atoms. The summed E-state index contributed by atoms with van der Waals surface area (Å²) >= 11 is 0. The van der Waals surface area contributed by atoms with E-state index in [1.54, 1.807) is 0 Å². The van der Waals surface area contributed by atoms with E-state index in [-0.39, 0.29) is 5.41 Å². The molecule has 0 saturated heterocycles. The Morgan fingerprint density at radius 1 is 0.742 bits per heavy atom. The zero-order chi connectivity index (χ0) is 22.0. The first-order valence-corrected chi connectivity index (χ1v) is 10.9. The SMILES string of the molecule is C=CCC(C/C=C/C=C/CCC=O)(COCc1ccccc1)COCc1ccccc1. The first-order chi connectivity index (χ1) is 15.3. The Labute approximate surface area is 187 Å². The van der Waals surface area contributed by atoms with Crippen molar-refractivity contribution in [3.05, 3.63) is 109 Å². The molecule has 0 heterocycles. The number of ether oxygens (including phenoxy) is 2. The van der Waals surface area contributed by atoms with Crippen molar-refractivity contribution in [3.8, 4) is 0 Å². The van der Waals surface area contributed by atoms with Gasteiger partial charge in [0.25, 0.3) is 0 Å². The standard InChI is InChI=1S/C28H34O3/c1-2-19-28(20-13-5-3-4-6-14-21-29,24-30-22-26-15-9-7-10-16-26)25-31-23-27-17-11-8-12-18-27/h2-5,7-13,15-18,21H,1,6,14,19-20,22-25H2/b4-3+,13-5+. The van der Waals surface area contributed by atoms with Crippen LogP contribution in [0.5, 0.6) is 0 Å². The lowest BCUT2D eigenvalue weighted by Gasteiger charge is -2.31. The van der Waals surface area contributed by atoms with Crippen LogP contribution < -0.4 is 0 Å². The van der Waals surface area contributed by atoms with Crippen molar-refractivity contribution >= 4 is 6.29 Å². The number of aldehydes is 1. The Hall–Kier alpha value is -2.75. The van der Waals surface area contributed by atoms with Gasteiger partial charge in [0, 0.05) is 11.8 Å². The molecule has 0 saturated carbocycles. The van der Waals surface area contributed by atoms with Gasteiger partial charge >= 0.3 is 0 Å². The molecule has 2 aromatic rings. The Morgan fingerprint density at radius 3 is 1.81 bits per heavy atom. The molecular formula is C28H34O3. The monoisotopic (exact) mass is 418 g/mol. The molecule has 0 aromatic heterocycles. The second-order valence-electron chi connectivity index (χ2n) is 7.75. The Kier molecular flexibility index (Phi) is 12.0. The number of carbonyl (C=O) groups is 1. The molecule has 2 rings (SSSR count). The Balaban J connectivity index is 1.99. The van der Waals surface area contributed by atoms with Gasteiger partial charge in [-0.05, 0) is 30.4 Å². The zero-order valence-corrected chi connectivity index (χ0v) is 18.3. The summed E-state index contributed by atoms with van der Waals surface area (Å²) in [5.74, 6) is 0. The van der Waals surface area contributed by atoms with Crippen LogP contribution in [-0.2, 0) is 27.5 Å². The van der Waals surface area contributed by atoms with E-state index in [2.05, 4.69) is 36.9 Å². The number of benzene rings is 2. The summed E-state index contributed by atoms with van der Waals surface area (Å²) < 4.78 is 12.3. The van der Waals surface area contributed by atoms with Crippen LogP contribution >= 0.6 is 0 Å². The maximum atomic E-state index is 10.4. The fourth-order valence-electron chi connectivity index (χ4n) is 3.32. The minimum Gasteiger partial charge on any atom is -0.376 e. The van der Waals surface area contributed by atoms with Crippen LogP contribution in [0.1, 0.15) is 36.8 Å². The molecule has 31 heavy (non-hydrogen) atoms. The third-order valence-corrected chi connectivity index (χ3v) is 5.00. The molecule has 0 aliphatic rings. The average molecular weight is 419 g/mol. The van der Waals surface area contributed by atoms with Gasteiger partial charge in [0.15, 0.2) is 0 Å². The predicted molar refractivity (Wildman–Crippen MR) is 128 cm³/mol. The second-order valence-corrected chi connectivity index (χ2v) is 7.75. The number of rotatable bonds is 16. The third-order valence-electron chi connectivity index (χ3n) is 5.00. The molecule has 0 aliphatic carbocycles. The molecule has 0 bridgehead atoms. The normalized spacial score (nSPS) is 11.9. The quantitative estimate of drug-likeness (QED) is 0.136. The minimum atomic E-state index is -0.182. The molecule has 0 amide bonds. The van der Waals surface area contributed by atoms with Gasteiger partial charge < -0.3 is 14.3 Å². The van der Waals surface area contributed by atoms with E-state index in [4.69, 9.17) is 9.47 Å². The van der Waals surface area contributed by atoms with E-state index < -0.39 is 0 Å². The summed E-state index contributed by atoms with van der Waals surface area (Å²) in [5, 5.41) is 0. The molecular weight excluding hydrogens is 384 g/mol. The summed E-state index contributed by atoms with van der Waals surface area (Å²) in [6, 6.07) is 20.4. The van der Waals surface area contributed by atoms with Crippen molar-refractivity contribution < 1.29 is 14.3 Å². The molecule has 0 aliphatic heterocycles. The van der Waals surface area contributed by atoms with Crippen molar-refractivity contribution in [2.75, 3.05) is 13.2 Å². The summed E-state index contributed by atoms with van der Waals surface area (Å²) in [5.41, 5.74) is 2.14. The van der Waals surface area contributed by atoms with Crippen LogP contribution in [0.15, 0.2) is 97.6 Å². The largest absolute Gasteiger partial charge is 0.376 e. The van der Waals surface area contributed by atoms with Crippen LogP contribution in [0.4, 0.5) is 0 Å². The summed E-state index contributed by atoms with van der Waals surface area (Å²) in [6.07, 6.45) is 14.0. The lowest BCUT2D eigenvalue weighted by Crippen LogP contribution is -2.31. The van der Waals surface area contributed by atoms with Crippen molar-refractivity contribution in [1.29, 1.82) is 0 Å². The number of allylic oxidation sites excluding steroid dienone is 5. The molecule has 0 radical (unpaired) electrons. The van der Waals surface area contributed by atoms with Crippen LogP contribution in [-0.4, -0.2) is 19.5 Å². The van der Waals surface area contributed by atoms with Crippen molar-refractivity contribution in [2.24, 2.45) is 5.41 Å². The van der Waals surface area contributed by atoms with Crippen LogP contribution in [0.3, 0.4) is 0 Å². The van der Waals surface area contributed by atoms with E-state index in [1.165, 1.54) is 0 Å². The fraction of sp³-hybridized carbons (Fsp3) is 0.321. The van der Waals surface area contributed by atoms with Crippen molar-refractivity contribution in [1.82, 2.24) is 0 Å². The van der Waals surface area contributed by atoms with Gasteiger partial charge in [-0.25, -0.2) is 0 Å². The van der Waals surface area contributed by atoms with Crippen LogP contribution in [0.2, 0.25) is 0 Å². The molecule has 3 nitrogen and oxygen atoms in total. The van der Waals surface area contributed by atoms with Crippen molar-refractivity contribution in [3.63, 3.8) is 0 Å². The van der Waals surface area contributed by atoms with Crippen LogP contribution in [0.25, 0.3) is 0 Å². The van der Waals surface area contributed by atoms with Gasteiger partial charge in [-0.2, -0.15) is 0 Å². The van der Waals surface area contributed by atoms with E-state index in [0.717, 1.165) is 36.7 Å². The second kappa shape index (κ2) is 15.1. The lowest BCUT2D eigenvalue weighted by molar-refractivity contribution is -0.107. The molecule has 0 fully saturated rings. The highest BCUT2D eigenvalue weighted by Gasteiger charge is 2.28. The van der Waals surface area contributed by atoms with Gasteiger partial charge in [0.1, 0.15) is 6.29 Å². The summed E-state index contributed by atoms with van der Waals surface area (Å²) in [6.45, 7) is 6.30. The zero-order valence-electron chi connectivity index (χ0n) is 18.3. The average Bonchev–Trinajstić information content (AvgIpc) is 2.80. The van der Waals surface area contributed by atoms with E-state index >= 15 is 0 Å². The number of hydrogen-bond acceptors (Lipinski definition) is 3. The van der Waals surface area contributed by atoms with Crippen molar-refractivity contribution in [2.45, 2.75) is 38.9 Å². The maximum absolute atomic E-state index is 10.4. The van der Waals surface area contributed by atoms with E-state index in [9.17, 15) is 4.79 Å². The molecule has 0 unspecified atom stereocenters. The highest BCUT2D eigenvalue weighted by atomic mass is 16.5. The summed E-state index contributed by atoms with van der Waals surface area (Å²) in [7, 11) is 0. The third kappa shape index (κ3) is 10.2. The Bertz CT molecular complexity index is 748. The topological polar surface area (TPSA) is 35.5 Å². The minimum absolute atomic E-state index is 0.182. The number of unbranched alkanes of at least 4 members (excludes halogenated alkanes) is 1. The fourth-order valence-corrected chi connectivity index (χ4v) is 3.32. The van der Waals surface area contributed by atoms with Gasteiger partial charge in [0.05, 0.1) is 26.4 Å². The van der Waals surface area contributed by atoms with E-state index in [1.807, 2.05) is 60.7 Å². The highest BCUT2D eigenvalue weighted by Crippen LogP contribution is 2.30. The highest BCUT2D eigenvalue weighted by molar-refractivity contribution is 5.49. The Morgan fingerprint density at radius 2 is 1.29 bits per heavy atom. The smallest absolute Gasteiger partial charge is 0.120 e. The molecule has 3 heteroatoms. The molecule has 0 N–H and O–H groups in total. The predicted octanol–water partition coefficient (Wildman–Crippen LogP) is 6.46. The lowest BCUT2D eigenvalue weighted by atomic mass is 9.82. The number of carbonyl (C=O) groups excluding carboxylic acids is 1. The van der Waals surface area contributed by atoms with Gasteiger partial charge in [-0.1, -0.05) is 91.0 Å². The first kappa shape index (κ1) is 24.5. The molecule has 2 aromatic carbocycles. The van der Waals surface area contributed by atoms with Crippen LogP contribution in [0, 0.1) is 5.41 Å². The molecule has 0 atom stereocenters. The van der Waals surface area contributed by atoms with Gasteiger partial charge in [-0.15, -0.1) is 6.58 Å².